The molecule has 1 aromatic carbocycles. The lowest BCUT2D eigenvalue weighted by molar-refractivity contribution is 0.409. The van der Waals surface area contributed by atoms with Gasteiger partial charge in [-0.2, -0.15) is 5.10 Å². The third-order valence-electron chi connectivity index (χ3n) is 2.72. The summed E-state index contributed by atoms with van der Waals surface area (Å²) in [7, 11) is 5.57. The molecule has 17 heavy (non-hydrogen) atoms. The van der Waals surface area contributed by atoms with Crippen molar-refractivity contribution < 1.29 is 9.13 Å². The molecule has 0 atom stereocenters. The smallest absolute Gasteiger partial charge is 0.151 e. The van der Waals surface area contributed by atoms with Crippen LogP contribution in [-0.2, 0) is 6.42 Å². The second-order valence-corrected chi connectivity index (χ2v) is 4.23. The highest BCUT2D eigenvalue weighted by Crippen LogP contribution is 2.29. The summed E-state index contributed by atoms with van der Waals surface area (Å²) in [6.07, 6.45) is 0.781. The van der Waals surface area contributed by atoms with Gasteiger partial charge in [-0.15, -0.1) is 0 Å². The zero-order chi connectivity index (χ0) is 12.4. The number of methoxy groups -OCH3 is 1. The Morgan fingerprint density at radius 2 is 2.18 bits per heavy atom. The van der Waals surface area contributed by atoms with Gasteiger partial charge in [-0.05, 0) is 26.2 Å². The molecule has 0 saturated heterocycles. The van der Waals surface area contributed by atoms with Gasteiger partial charge in [0.1, 0.15) is 11.3 Å². The van der Waals surface area contributed by atoms with Crippen molar-refractivity contribution in [3.63, 3.8) is 0 Å². The molecule has 4 nitrogen and oxygen atoms in total. The van der Waals surface area contributed by atoms with E-state index in [0.717, 1.165) is 24.0 Å². The maximum Gasteiger partial charge on any atom is 0.151 e. The van der Waals surface area contributed by atoms with Gasteiger partial charge in [0.15, 0.2) is 5.82 Å². The first-order valence-electron chi connectivity index (χ1n) is 5.47. The van der Waals surface area contributed by atoms with Gasteiger partial charge in [-0.1, -0.05) is 0 Å². The minimum atomic E-state index is -0.326. The van der Waals surface area contributed by atoms with Crippen molar-refractivity contribution in [1.82, 2.24) is 15.1 Å². The van der Waals surface area contributed by atoms with Crippen LogP contribution in [0.4, 0.5) is 4.39 Å². The SMILES string of the molecule is COc1ccc(F)c2n[nH]c(CCN(C)C)c12. The molecular weight excluding hydrogens is 221 g/mol. The van der Waals surface area contributed by atoms with Crippen LogP contribution in [0.1, 0.15) is 5.69 Å². The predicted octanol–water partition coefficient (Wildman–Crippen LogP) is 1.81. The molecule has 0 amide bonds. The average molecular weight is 237 g/mol. The summed E-state index contributed by atoms with van der Waals surface area (Å²) in [5.74, 6) is 0.331. The topological polar surface area (TPSA) is 41.1 Å². The fourth-order valence-corrected chi connectivity index (χ4v) is 1.81. The van der Waals surface area contributed by atoms with Crippen molar-refractivity contribution in [2.45, 2.75) is 6.42 Å². The van der Waals surface area contributed by atoms with E-state index in [1.54, 1.807) is 13.2 Å². The van der Waals surface area contributed by atoms with E-state index in [2.05, 4.69) is 15.1 Å². The first-order valence-corrected chi connectivity index (χ1v) is 5.47. The molecule has 0 radical (unpaired) electrons. The lowest BCUT2D eigenvalue weighted by Crippen LogP contribution is -2.15. The predicted molar refractivity (Wildman–Crippen MR) is 64.9 cm³/mol. The van der Waals surface area contributed by atoms with Crippen LogP contribution in [0.2, 0.25) is 0 Å². The monoisotopic (exact) mass is 237 g/mol. The molecule has 0 aliphatic rings. The number of likely N-dealkylation sites (N-methyl/N-ethyl adjacent to an activating group) is 1. The summed E-state index contributed by atoms with van der Waals surface area (Å²) in [5, 5.41) is 7.64. The number of benzene rings is 1. The molecular formula is C12H16FN3O. The van der Waals surface area contributed by atoms with Crippen molar-refractivity contribution in [2.24, 2.45) is 0 Å². The summed E-state index contributed by atoms with van der Waals surface area (Å²) in [6, 6.07) is 3.00. The van der Waals surface area contributed by atoms with Crippen LogP contribution in [0.3, 0.4) is 0 Å². The first kappa shape index (κ1) is 11.9. The summed E-state index contributed by atoms with van der Waals surface area (Å²) in [4.78, 5) is 2.07. The maximum absolute atomic E-state index is 13.6. The Balaban J connectivity index is 2.46. The number of nitrogens with one attached hydrogen (secondary N) is 1. The summed E-state index contributed by atoms with van der Waals surface area (Å²) >= 11 is 0. The third-order valence-corrected chi connectivity index (χ3v) is 2.72. The van der Waals surface area contributed by atoms with Gasteiger partial charge >= 0.3 is 0 Å². The van der Waals surface area contributed by atoms with Crippen LogP contribution in [-0.4, -0.2) is 42.8 Å². The van der Waals surface area contributed by atoms with Crippen molar-refractivity contribution in [3.05, 3.63) is 23.6 Å². The molecule has 0 spiro atoms. The van der Waals surface area contributed by atoms with E-state index in [1.807, 2.05) is 14.1 Å². The highest BCUT2D eigenvalue weighted by atomic mass is 19.1. The van der Waals surface area contributed by atoms with Crippen molar-refractivity contribution in [3.8, 4) is 5.75 Å². The minimum absolute atomic E-state index is 0.326. The molecule has 1 N–H and O–H groups in total. The van der Waals surface area contributed by atoms with Crippen molar-refractivity contribution in [2.75, 3.05) is 27.7 Å². The Labute approximate surface area is 99.4 Å². The van der Waals surface area contributed by atoms with Crippen LogP contribution in [0, 0.1) is 5.82 Å². The van der Waals surface area contributed by atoms with Crippen LogP contribution in [0.15, 0.2) is 12.1 Å². The highest BCUT2D eigenvalue weighted by molar-refractivity contribution is 5.88. The van der Waals surface area contributed by atoms with Gasteiger partial charge in [-0.25, -0.2) is 4.39 Å². The molecule has 0 aliphatic heterocycles. The second-order valence-electron chi connectivity index (χ2n) is 4.23. The molecule has 92 valence electrons. The molecule has 0 fully saturated rings. The Kier molecular flexibility index (Phi) is 3.28. The molecule has 2 aromatic rings. The quantitative estimate of drug-likeness (QED) is 0.881. The largest absolute Gasteiger partial charge is 0.496 e. The zero-order valence-corrected chi connectivity index (χ0v) is 10.2. The lowest BCUT2D eigenvalue weighted by Gasteiger charge is -2.09. The molecule has 1 heterocycles. The van der Waals surface area contributed by atoms with Crippen molar-refractivity contribution in [1.29, 1.82) is 0 Å². The molecule has 0 bridgehead atoms. The number of H-pyrrole nitrogens is 1. The number of nitrogens with zero attached hydrogens (tertiary/aromatic N) is 2. The van der Waals surface area contributed by atoms with E-state index >= 15 is 0 Å². The number of rotatable bonds is 4. The molecule has 0 aliphatic carbocycles. The van der Waals surface area contributed by atoms with E-state index in [-0.39, 0.29) is 5.82 Å². The lowest BCUT2D eigenvalue weighted by atomic mass is 10.1. The van der Waals surface area contributed by atoms with E-state index in [4.69, 9.17) is 4.74 Å². The van der Waals surface area contributed by atoms with Gasteiger partial charge in [-0.3, -0.25) is 5.10 Å². The molecule has 0 saturated carbocycles. The number of halogens is 1. The summed E-state index contributed by atoms with van der Waals surface area (Å²) in [5.41, 5.74) is 1.25. The van der Waals surface area contributed by atoms with E-state index in [1.165, 1.54) is 6.07 Å². The normalized spacial score (nSPS) is 11.4. The van der Waals surface area contributed by atoms with Gasteiger partial charge in [0.05, 0.1) is 12.5 Å². The van der Waals surface area contributed by atoms with Gasteiger partial charge in [0.2, 0.25) is 0 Å². The van der Waals surface area contributed by atoms with E-state index < -0.39 is 0 Å². The van der Waals surface area contributed by atoms with Crippen molar-refractivity contribution >= 4 is 10.9 Å². The van der Waals surface area contributed by atoms with Gasteiger partial charge in [0.25, 0.3) is 0 Å². The van der Waals surface area contributed by atoms with Crippen LogP contribution < -0.4 is 4.74 Å². The minimum Gasteiger partial charge on any atom is -0.496 e. The summed E-state index contributed by atoms with van der Waals surface area (Å²) in [6.45, 7) is 0.872. The Hall–Kier alpha value is -1.62. The maximum atomic E-state index is 13.6. The third kappa shape index (κ3) is 2.24. The fraction of sp³-hybridized carbons (Fsp3) is 0.417. The standard InChI is InChI=1S/C12H16FN3O/c1-16(2)7-6-9-11-10(17-3)5-4-8(13)12(11)15-14-9/h4-5H,6-7H2,1-3H3,(H,14,15). The molecule has 0 unspecified atom stereocenters. The summed E-state index contributed by atoms with van der Waals surface area (Å²) < 4.78 is 18.8. The van der Waals surface area contributed by atoms with Gasteiger partial charge in [0, 0.05) is 18.7 Å². The average Bonchev–Trinajstić information content (AvgIpc) is 2.72. The number of hydrogen-bond acceptors (Lipinski definition) is 3. The second kappa shape index (κ2) is 4.71. The Morgan fingerprint density at radius 1 is 1.41 bits per heavy atom. The zero-order valence-electron chi connectivity index (χ0n) is 10.2. The number of ether oxygens (including phenoxy) is 1. The highest BCUT2D eigenvalue weighted by Gasteiger charge is 2.14. The molecule has 2 rings (SSSR count). The first-order chi connectivity index (χ1) is 8.13. The number of hydrogen-bond donors (Lipinski definition) is 1. The van der Waals surface area contributed by atoms with Crippen LogP contribution in [0.25, 0.3) is 10.9 Å². The Morgan fingerprint density at radius 3 is 2.82 bits per heavy atom. The van der Waals surface area contributed by atoms with Gasteiger partial charge < -0.3 is 9.64 Å². The van der Waals surface area contributed by atoms with Crippen LogP contribution >= 0.6 is 0 Å². The Bertz CT molecular complexity index is 522. The fourth-order valence-electron chi connectivity index (χ4n) is 1.81. The molecule has 5 heteroatoms. The number of aromatic amines is 1. The van der Waals surface area contributed by atoms with E-state index in [0.29, 0.717) is 11.3 Å². The number of aromatic nitrogens is 2. The van der Waals surface area contributed by atoms with Crippen LogP contribution in [0.5, 0.6) is 5.75 Å². The number of fused-ring (bicyclic) bond motifs is 1. The van der Waals surface area contributed by atoms with E-state index in [9.17, 15) is 4.39 Å². The molecule has 1 aromatic heterocycles.